The fourth-order valence-electron chi connectivity index (χ4n) is 4.63. The van der Waals surface area contributed by atoms with Gasteiger partial charge in [0.1, 0.15) is 24.0 Å². The standard InChI is InChI=1S/C22H26ClN7O5S/c1-12(17(33-2)18-24-8-13(23)9-25-18)36(31,32)10-15-28-29-19(14-7-22(14)5-6-22)30(15)16-20(34-3)26-11-27-21(16)35-4/h8-9,11-12,14,17H,5-7,10H2,1-4H3/t12-,14-,17-/m0/s1. The van der Waals surface area contributed by atoms with E-state index in [1.807, 2.05) is 0 Å². The molecule has 0 aromatic carbocycles. The normalized spacial score (nSPS) is 19.6. The van der Waals surface area contributed by atoms with Gasteiger partial charge < -0.3 is 14.2 Å². The van der Waals surface area contributed by atoms with E-state index >= 15 is 0 Å². The van der Waals surface area contributed by atoms with Crippen LogP contribution >= 0.6 is 11.6 Å². The zero-order valence-electron chi connectivity index (χ0n) is 20.3. The van der Waals surface area contributed by atoms with Crippen molar-refractivity contribution in [3.05, 3.63) is 41.2 Å². The summed E-state index contributed by atoms with van der Waals surface area (Å²) in [5, 5.41) is 8.08. The largest absolute Gasteiger partial charge is 0.479 e. The molecule has 0 radical (unpaired) electrons. The van der Waals surface area contributed by atoms with Crippen molar-refractivity contribution in [2.45, 2.75) is 49.2 Å². The molecule has 0 bridgehead atoms. The molecule has 0 saturated heterocycles. The topological polar surface area (TPSA) is 144 Å². The van der Waals surface area contributed by atoms with Crippen LogP contribution < -0.4 is 9.47 Å². The van der Waals surface area contributed by atoms with Crippen molar-refractivity contribution in [2.24, 2.45) is 5.41 Å². The molecule has 2 aliphatic rings. The number of sulfone groups is 1. The fraction of sp³-hybridized carbons (Fsp3) is 0.545. The van der Waals surface area contributed by atoms with Crippen LogP contribution in [0.4, 0.5) is 0 Å². The minimum Gasteiger partial charge on any atom is -0.479 e. The number of ether oxygens (including phenoxy) is 3. The maximum absolute atomic E-state index is 13.6. The number of hydrogen-bond acceptors (Lipinski definition) is 11. The number of methoxy groups -OCH3 is 3. The molecule has 3 atom stereocenters. The number of halogens is 1. The molecule has 1 spiro atoms. The fourth-order valence-corrected chi connectivity index (χ4v) is 6.15. The highest BCUT2D eigenvalue weighted by atomic mass is 35.5. The summed E-state index contributed by atoms with van der Waals surface area (Å²) in [6.45, 7) is 1.55. The minimum atomic E-state index is -3.84. The first-order chi connectivity index (χ1) is 17.2. The smallest absolute Gasteiger partial charge is 0.245 e. The Bertz CT molecular complexity index is 1360. The van der Waals surface area contributed by atoms with Crippen LogP contribution in [0.1, 0.15) is 55.7 Å². The summed E-state index contributed by atoms with van der Waals surface area (Å²) in [5.41, 5.74) is 0.601. The molecule has 12 nitrogen and oxygen atoms in total. The number of aromatic nitrogens is 7. The van der Waals surface area contributed by atoms with Gasteiger partial charge in [0.05, 0.1) is 24.5 Å². The third-order valence-corrected chi connectivity index (χ3v) is 9.22. The molecule has 3 aromatic heterocycles. The zero-order valence-corrected chi connectivity index (χ0v) is 21.8. The molecule has 2 fully saturated rings. The van der Waals surface area contributed by atoms with Crippen LogP contribution in [0.5, 0.6) is 11.8 Å². The van der Waals surface area contributed by atoms with Gasteiger partial charge in [-0.2, -0.15) is 9.97 Å². The van der Waals surface area contributed by atoms with E-state index in [9.17, 15) is 8.42 Å². The molecule has 2 aliphatic carbocycles. The highest BCUT2D eigenvalue weighted by Crippen LogP contribution is 2.74. The number of rotatable bonds is 10. The summed E-state index contributed by atoms with van der Waals surface area (Å²) in [4.78, 5) is 16.7. The van der Waals surface area contributed by atoms with Crippen molar-refractivity contribution in [2.75, 3.05) is 21.3 Å². The van der Waals surface area contributed by atoms with Gasteiger partial charge in [-0.25, -0.2) is 18.4 Å². The van der Waals surface area contributed by atoms with Gasteiger partial charge in [0, 0.05) is 25.4 Å². The zero-order chi connectivity index (χ0) is 25.7. The summed E-state index contributed by atoms with van der Waals surface area (Å²) >= 11 is 5.89. The molecule has 0 amide bonds. The van der Waals surface area contributed by atoms with Crippen LogP contribution in [-0.2, 0) is 20.3 Å². The van der Waals surface area contributed by atoms with E-state index in [1.54, 1.807) is 11.5 Å². The predicted octanol–water partition coefficient (Wildman–Crippen LogP) is 2.48. The average molecular weight is 536 g/mol. The van der Waals surface area contributed by atoms with Crippen molar-refractivity contribution in [1.82, 2.24) is 34.7 Å². The van der Waals surface area contributed by atoms with E-state index < -0.39 is 26.9 Å². The van der Waals surface area contributed by atoms with Gasteiger partial charge in [-0.05, 0) is 31.6 Å². The van der Waals surface area contributed by atoms with E-state index in [0.717, 1.165) is 19.3 Å². The molecular weight excluding hydrogens is 510 g/mol. The summed E-state index contributed by atoms with van der Waals surface area (Å²) in [7, 11) is 0.519. The molecule has 14 heteroatoms. The Balaban J connectivity index is 1.55. The minimum absolute atomic E-state index is 0.169. The van der Waals surface area contributed by atoms with Crippen LogP contribution in [0.2, 0.25) is 5.02 Å². The lowest BCUT2D eigenvalue weighted by Crippen LogP contribution is -2.30. The van der Waals surface area contributed by atoms with E-state index in [0.29, 0.717) is 16.5 Å². The highest BCUT2D eigenvalue weighted by Gasteiger charge is 2.65. The Kier molecular flexibility index (Phi) is 6.33. The van der Waals surface area contributed by atoms with Crippen molar-refractivity contribution in [3.63, 3.8) is 0 Å². The maximum Gasteiger partial charge on any atom is 0.245 e. The summed E-state index contributed by atoms with van der Waals surface area (Å²) < 4.78 is 45.4. The summed E-state index contributed by atoms with van der Waals surface area (Å²) in [6.07, 6.45) is 6.41. The molecule has 5 rings (SSSR count). The third kappa shape index (κ3) is 4.28. The van der Waals surface area contributed by atoms with Gasteiger partial charge in [-0.15, -0.1) is 10.2 Å². The molecule has 0 unspecified atom stereocenters. The lowest BCUT2D eigenvalue weighted by atomic mass is 10.2. The van der Waals surface area contributed by atoms with Gasteiger partial charge in [0.2, 0.25) is 11.8 Å². The number of nitrogens with zero attached hydrogens (tertiary/aromatic N) is 7. The van der Waals surface area contributed by atoms with Gasteiger partial charge in [0.25, 0.3) is 0 Å². The van der Waals surface area contributed by atoms with Crippen LogP contribution in [0.15, 0.2) is 18.7 Å². The molecule has 36 heavy (non-hydrogen) atoms. The first kappa shape index (κ1) is 24.8. The quantitative estimate of drug-likeness (QED) is 0.377. The SMILES string of the molecule is COc1ncnc(OC)c1-n1c(CS(=O)(=O)[C@@H](C)[C@H](OC)c2ncc(Cl)cn2)nnc1[C@@H]1CC12CC2. The van der Waals surface area contributed by atoms with Gasteiger partial charge >= 0.3 is 0 Å². The summed E-state index contributed by atoms with van der Waals surface area (Å²) in [6, 6.07) is 0. The molecule has 0 N–H and O–H groups in total. The maximum atomic E-state index is 13.6. The van der Waals surface area contributed by atoms with Crippen LogP contribution in [0.3, 0.4) is 0 Å². The second-order valence-electron chi connectivity index (χ2n) is 9.10. The monoisotopic (exact) mass is 535 g/mol. The number of hydrogen-bond donors (Lipinski definition) is 0. The van der Waals surface area contributed by atoms with Crippen molar-refractivity contribution in [1.29, 1.82) is 0 Å². The van der Waals surface area contributed by atoms with Crippen LogP contribution in [-0.4, -0.2) is 69.7 Å². The Morgan fingerprint density at radius 3 is 2.25 bits per heavy atom. The molecule has 3 aromatic rings. The van der Waals surface area contributed by atoms with E-state index in [1.165, 1.54) is 40.1 Å². The van der Waals surface area contributed by atoms with Crippen molar-refractivity contribution in [3.8, 4) is 17.4 Å². The first-order valence-corrected chi connectivity index (χ1v) is 13.4. The lowest BCUT2D eigenvalue weighted by molar-refractivity contribution is 0.0948. The Morgan fingerprint density at radius 1 is 1.08 bits per heavy atom. The van der Waals surface area contributed by atoms with Crippen LogP contribution in [0.25, 0.3) is 5.69 Å². The highest BCUT2D eigenvalue weighted by molar-refractivity contribution is 7.91. The van der Waals surface area contributed by atoms with Crippen molar-refractivity contribution >= 4 is 21.4 Å². The Hall–Kier alpha value is -2.90. The molecular formula is C22H26ClN7O5S. The second kappa shape index (κ2) is 9.20. The average Bonchev–Trinajstić information content (AvgIpc) is 3.77. The summed E-state index contributed by atoms with van der Waals surface area (Å²) in [5.74, 6) is 1.28. The third-order valence-electron chi connectivity index (χ3n) is 6.99. The van der Waals surface area contributed by atoms with E-state index in [-0.39, 0.29) is 34.7 Å². The molecule has 3 heterocycles. The van der Waals surface area contributed by atoms with Gasteiger partial charge in [-0.1, -0.05) is 11.6 Å². The Labute approximate surface area is 213 Å². The van der Waals surface area contributed by atoms with E-state index in [2.05, 4.69) is 30.1 Å². The van der Waals surface area contributed by atoms with E-state index in [4.69, 9.17) is 25.8 Å². The molecule has 192 valence electrons. The molecule has 2 saturated carbocycles. The second-order valence-corrected chi connectivity index (χ2v) is 11.9. The van der Waals surface area contributed by atoms with Gasteiger partial charge in [0.15, 0.2) is 27.2 Å². The lowest BCUT2D eigenvalue weighted by Gasteiger charge is -2.22. The van der Waals surface area contributed by atoms with Crippen molar-refractivity contribution < 1.29 is 22.6 Å². The Morgan fingerprint density at radius 2 is 1.72 bits per heavy atom. The molecule has 0 aliphatic heterocycles. The van der Waals surface area contributed by atoms with Crippen LogP contribution in [0, 0.1) is 5.41 Å². The predicted molar refractivity (Wildman–Crippen MR) is 128 cm³/mol. The van der Waals surface area contributed by atoms with Gasteiger partial charge in [-0.3, -0.25) is 4.57 Å². The first-order valence-electron chi connectivity index (χ1n) is 11.3.